The molecule has 604 valence electrons. The van der Waals surface area contributed by atoms with Gasteiger partial charge in [0, 0.05) is 66.5 Å². The Labute approximate surface area is 615 Å². The largest absolute Gasteiger partial charge is 0.456 e. The first kappa shape index (κ1) is 81.3. The van der Waals surface area contributed by atoms with Crippen LogP contribution in [0.5, 0.6) is 17.2 Å². The summed E-state index contributed by atoms with van der Waals surface area (Å²) >= 11 is -0.379. The van der Waals surface area contributed by atoms with E-state index in [-0.39, 0.29) is 11.8 Å². The first-order chi connectivity index (χ1) is 53.0. The van der Waals surface area contributed by atoms with E-state index < -0.39 is 352 Å². The molecule has 20 N–H and O–H groups in total. The fraction of sp³-hybridized carbons (Fsp3) is 0.353. The van der Waals surface area contributed by atoms with Gasteiger partial charge in [-0.2, -0.15) is 26.3 Å². The van der Waals surface area contributed by atoms with Gasteiger partial charge >= 0.3 is 0 Å². The molecule has 0 spiro atoms. The molecule has 4 saturated heterocycles. The highest BCUT2D eigenvalue weighted by Gasteiger charge is 2.51. The Morgan fingerprint density at radius 3 is 0.732 bits per heavy atom. The molecule has 4 aromatic carbocycles. The SMILES string of the molecule is OCC1OC(Oc2c(F)c(F)c(C3=c4ccc([nH]4)=C(c4c(F)c(F)c(OC5OC(CO)C(O)C(O)C5O)c(F)c4F)c4ccc([nH]4)C(c4c(F)c(F)c(SC5OC(CO)C(O)C(O)C5O)c(F)c4F)=c4ccc([nH]4)=C(c4c(F)c(F)c(OC5OC(CO)C(O)C(O)C5O)c(F)c4F)c4ccc3[nH]4)c(F)c2F)C(O)C(O)C1O. The molecule has 9 heterocycles. The lowest BCUT2D eigenvalue weighted by molar-refractivity contribution is -0.278. The lowest BCUT2D eigenvalue weighted by atomic mass is 9.99. The van der Waals surface area contributed by atoms with E-state index in [1.54, 1.807) is 0 Å². The molecule has 8 bridgehead atoms. The zero-order valence-corrected chi connectivity index (χ0v) is 56.3. The summed E-state index contributed by atoms with van der Waals surface area (Å²) in [5, 5.41) is 161. The number of thioether (sulfide) groups is 1. The predicted molar refractivity (Wildman–Crippen MR) is 336 cm³/mol. The number of nitrogens with one attached hydrogen (secondary N) is 4. The number of H-pyrrole nitrogens is 4. The Kier molecular flexibility index (Phi) is 22.7. The molecule has 5 aliphatic heterocycles. The van der Waals surface area contributed by atoms with Gasteiger partial charge in [0.05, 0.1) is 53.6 Å². The van der Waals surface area contributed by atoms with E-state index in [1.807, 2.05) is 0 Å². The molecule has 5 aliphatic rings. The Hall–Kier alpha value is -8.69. The Morgan fingerprint density at radius 2 is 0.491 bits per heavy atom. The molecule has 4 aromatic heterocycles. The average molecular weight is 1630 g/mol. The van der Waals surface area contributed by atoms with E-state index in [0.29, 0.717) is 48.5 Å². The quantitative estimate of drug-likeness (QED) is 0.0366. The van der Waals surface area contributed by atoms with E-state index in [0.717, 1.165) is 0 Å². The fourth-order valence-corrected chi connectivity index (χ4v) is 14.4. The molecule has 13 rings (SSSR count). The average Bonchev–Trinajstić information content (AvgIpc) is 1.35. The number of aliphatic hydroxyl groups is 16. The van der Waals surface area contributed by atoms with Gasteiger partial charge in [-0.05, 0) is 48.5 Å². The normalized spacial score (nSPS) is 29.0. The lowest BCUT2D eigenvalue weighted by Gasteiger charge is -2.39. The van der Waals surface area contributed by atoms with Gasteiger partial charge in [0.1, 0.15) is 103 Å². The summed E-state index contributed by atoms with van der Waals surface area (Å²) in [6.07, 6.45) is -43.3. The standard InChI is InChI=1S/C68H56F16N4O23S/c69-33-29(34(70)42(78)61(41(33)77)109-65-57(101)53(97)49(93)21(9-89)105-65)25-13-1-3-15(85-13)26(30-35(71)43(79)62(44(80)36(30)72)110-66-58(102)54(98)50(94)22(10-90)106-66)17-5-7-19(87-17)28(32-39(75)47(83)64(48(84)40(32)76)112-68-60(104)56(100)52(96)24(12-92)108-68)20-8-6-18(88-20)27(16-4-2-14(25)86-16)31-37(73)45(81)63(46(82)38(31)74)111-67-59(103)55(99)51(95)23(11-91)107-67/h1-8,21-24,49-60,65-68,85-104H,9-12H2. The number of aromatic nitrogens is 4. The van der Waals surface area contributed by atoms with Gasteiger partial charge < -0.3 is 135 Å². The van der Waals surface area contributed by atoms with Crippen molar-refractivity contribution < 1.29 is 185 Å². The number of ether oxygens (including phenoxy) is 7. The molecule has 112 heavy (non-hydrogen) atoms. The summed E-state index contributed by atoms with van der Waals surface area (Å²) in [7, 11) is 0. The highest BCUT2D eigenvalue weighted by Crippen LogP contribution is 2.45. The monoisotopic (exact) mass is 1630 g/mol. The molecule has 44 heteroatoms. The number of rotatable bonds is 16. The summed E-state index contributed by atoms with van der Waals surface area (Å²) in [4.78, 5) is 7.68. The van der Waals surface area contributed by atoms with Crippen LogP contribution >= 0.6 is 11.8 Å². The van der Waals surface area contributed by atoms with Crippen LogP contribution in [-0.2, 0) is 18.9 Å². The van der Waals surface area contributed by atoms with Gasteiger partial charge in [-0.3, -0.25) is 0 Å². The Balaban J connectivity index is 1.11. The second-order valence-electron chi connectivity index (χ2n) is 25.7. The van der Waals surface area contributed by atoms with Gasteiger partial charge in [0.15, 0.2) is 75.4 Å². The number of halogens is 16. The number of hydrogen-bond donors (Lipinski definition) is 20. The lowest BCUT2D eigenvalue weighted by Crippen LogP contribution is -2.60. The topological polar surface area (TPSA) is 451 Å². The number of aromatic amines is 4. The maximum atomic E-state index is 17.5. The number of fused-ring (bicyclic) bond motifs is 8. The van der Waals surface area contributed by atoms with E-state index in [4.69, 9.17) is 33.2 Å². The zero-order valence-electron chi connectivity index (χ0n) is 55.5. The second kappa shape index (κ2) is 31.3. The Bertz CT molecular complexity index is 4540. The molecular weight excluding hydrogens is 1580 g/mol. The second-order valence-corrected chi connectivity index (χ2v) is 26.9. The molecule has 0 amide bonds. The van der Waals surface area contributed by atoms with E-state index in [9.17, 15) is 81.7 Å². The third kappa shape index (κ3) is 13.4. The van der Waals surface area contributed by atoms with Gasteiger partial charge in [-0.15, -0.1) is 0 Å². The van der Waals surface area contributed by atoms with E-state index in [2.05, 4.69) is 19.9 Å². The van der Waals surface area contributed by atoms with Crippen LogP contribution in [0, 0.1) is 93.1 Å². The summed E-state index contributed by atoms with van der Waals surface area (Å²) in [5.41, 5.74) is -19.5. The van der Waals surface area contributed by atoms with Gasteiger partial charge in [-0.25, -0.2) is 43.9 Å². The van der Waals surface area contributed by atoms with Gasteiger partial charge in [0.2, 0.25) is 53.8 Å². The molecule has 8 aromatic rings. The van der Waals surface area contributed by atoms with Gasteiger partial charge in [-0.1, -0.05) is 11.8 Å². The van der Waals surface area contributed by atoms with E-state index in [1.165, 1.54) is 0 Å². The van der Waals surface area contributed by atoms with Crippen LogP contribution in [-0.4, -0.2) is 250 Å². The summed E-state index contributed by atoms with van der Waals surface area (Å²) in [5.74, 6) is -47.4. The van der Waals surface area contributed by atoms with Crippen molar-refractivity contribution >= 4 is 34.1 Å². The summed E-state index contributed by atoms with van der Waals surface area (Å²) < 4.78 is 311. The predicted octanol–water partition coefficient (Wildman–Crippen LogP) is -2.04. The molecule has 0 saturated carbocycles. The third-order valence-corrected chi connectivity index (χ3v) is 20.3. The highest BCUT2D eigenvalue weighted by atomic mass is 32.2. The van der Waals surface area contributed by atoms with Crippen LogP contribution in [0.15, 0.2) is 53.4 Å². The molecule has 4 fully saturated rings. The summed E-state index contributed by atoms with van der Waals surface area (Å²) in [6, 6.07) is 4.81. The first-order valence-corrected chi connectivity index (χ1v) is 33.5. The van der Waals surface area contributed by atoms with Crippen molar-refractivity contribution in [1.29, 1.82) is 0 Å². The van der Waals surface area contributed by atoms with Crippen LogP contribution in [0.4, 0.5) is 70.2 Å². The maximum absolute atomic E-state index is 17.5. The van der Waals surface area contributed by atoms with Crippen molar-refractivity contribution in [2.24, 2.45) is 0 Å². The Morgan fingerprint density at radius 1 is 0.268 bits per heavy atom. The first-order valence-electron chi connectivity index (χ1n) is 32.6. The van der Waals surface area contributed by atoms with E-state index >= 15 is 70.2 Å². The van der Waals surface area contributed by atoms with Crippen LogP contribution in [0.2, 0.25) is 0 Å². The molecule has 0 aliphatic carbocycles. The van der Waals surface area contributed by atoms with Crippen LogP contribution in [0.25, 0.3) is 22.3 Å². The minimum Gasteiger partial charge on any atom is -0.456 e. The highest BCUT2D eigenvalue weighted by molar-refractivity contribution is 7.99. The molecule has 0 radical (unpaired) electrons. The minimum atomic E-state index is -2.61. The molecule has 20 atom stereocenters. The van der Waals surface area contributed by atoms with Crippen molar-refractivity contribution in [1.82, 2.24) is 19.9 Å². The van der Waals surface area contributed by atoms with Crippen molar-refractivity contribution in [2.75, 3.05) is 26.4 Å². The fourth-order valence-electron chi connectivity index (χ4n) is 13.3. The van der Waals surface area contributed by atoms with Crippen LogP contribution in [0.1, 0.15) is 45.0 Å². The van der Waals surface area contributed by atoms with Crippen molar-refractivity contribution in [3.63, 3.8) is 0 Å². The van der Waals surface area contributed by atoms with Gasteiger partial charge in [0.25, 0.3) is 0 Å². The zero-order chi connectivity index (χ0) is 81.3. The number of aliphatic hydroxyl groups excluding tert-OH is 16. The van der Waals surface area contributed by atoms with Crippen molar-refractivity contribution in [3.8, 4) is 17.2 Å². The minimum absolute atomic E-state index is 0.379. The van der Waals surface area contributed by atoms with Crippen molar-refractivity contribution in [3.05, 3.63) is 208 Å². The molecule has 27 nitrogen and oxygen atoms in total. The number of benzene rings is 4. The van der Waals surface area contributed by atoms with Crippen LogP contribution < -0.4 is 35.6 Å². The molecular formula is C68H56F16N4O23S. The summed E-state index contributed by atoms with van der Waals surface area (Å²) in [6.45, 7) is -4.77. The number of hydrogen-bond acceptors (Lipinski definition) is 24. The maximum Gasteiger partial charge on any atom is 0.229 e. The smallest absolute Gasteiger partial charge is 0.229 e. The third-order valence-electron chi connectivity index (χ3n) is 19.1. The van der Waals surface area contributed by atoms with Crippen LogP contribution in [0.3, 0.4) is 0 Å². The van der Waals surface area contributed by atoms with Crippen molar-refractivity contribution in [2.45, 2.75) is 127 Å². The molecule has 20 unspecified atom stereocenters.